The summed E-state index contributed by atoms with van der Waals surface area (Å²) in [7, 11) is 1.81. The van der Waals surface area contributed by atoms with Crippen LogP contribution in [0, 0.1) is 13.8 Å². The number of rotatable bonds is 5. The van der Waals surface area contributed by atoms with Crippen LogP contribution in [0.25, 0.3) is 0 Å². The van der Waals surface area contributed by atoms with Crippen molar-refractivity contribution in [2.45, 2.75) is 20.0 Å². The van der Waals surface area contributed by atoms with Crippen molar-refractivity contribution in [1.29, 1.82) is 0 Å². The van der Waals surface area contributed by atoms with Crippen molar-refractivity contribution in [3.63, 3.8) is 0 Å². The Labute approximate surface area is 91.1 Å². The quantitative estimate of drug-likeness (QED) is 0.767. The molecule has 0 aliphatic rings. The van der Waals surface area contributed by atoms with E-state index in [2.05, 4.69) is 5.32 Å². The molecule has 0 radical (unpaired) electrons. The van der Waals surface area contributed by atoms with Crippen molar-refractivity contribution >= 4 is 0 Å². The van der Waals surface area contributed by atoms with Crippen LogP contribution >= 0.6 is 0 Å². The van der Waals surface area contributed by atoms with Gasteiger partial charge in [-0.25, -0.2) is 0 Å². The van der Waals surface area contributed by atoms with Gasteiger partial charge in [-0.1, -0.05) is 12.1 Å². The first-order valence-electron chi connectivity index (χ1n) is 5.17. The van der Waals surface area contributed by atoms with Gasteiger partial charge in [0.05, 0.1) is 0 Å². The summed E-state index contributed by atoms with van der Waals surface area (Å²) in [5, 5.41) is 12.4. The summed E-state index contributed by atoms with van der Waals surface area (Å²) in [5.74, 6) is 0.852. The van der Waals surface area contributed by atoms with E-state index in [1.54, 1.807) is 7.05 Å². The van der Waals surface area contributed by atoms with Crippen molar-refractivity contribution in [1.82, 2.24) is 5.32 Å². The van der Waals surface area contributed by atoms with E-state index in [0.717, 1.165) is 11.3 Å². The number of aliphatic hydroxyl groups excluding tert-OH is 1. The highest BCUT2D eigenvalue weighted by molar-refractivity contribution is 5.38. The van der Waals surface area contributed by atoms with Crippen molar-refractivity contribution in [2.24, 2.45) is 0 Å². The summed E-state index contributed by atoms with van der Waals surface area (Å²) in [5.41, 5.74) is 2.34. The molecule has 0 saturated heterocycles. The molecule has 1 unspecified atom stereocenters. The number of ether oxygens (including phenoxy) is 1. The highest BCUT2D eigenvalue weighted by Gasteiger charge is 2.06. The molecular weight excluding hydrogens is 190 g/mol. The number of hydrogen-bond donors (Lipinski definition) is 2. The lowest BCUT2D eigenvalue weighted by Gasteiger charge is -2.14. The lowest BCUT2D eigenvalue weighted by atomic mass is 10.1. The minimum Gasteiger partial charge on any atom is -0.491 e. The molecule has 0 spiro atoms. The fraction of sp³-hybridized carbons (Fsp3) is 0.500. The van der Waals surface area contributed by atoms with E-state index in [4.69, 9.17) is 4.74 Å². The molecule has 84 valence electrons. The van der Waals surface area contributed by atoms with Gasteiger partial charge >= 0.3 is 0 Å². The Bertz CT molecular complexity index is 312. The number of benzene rings is 1. The van der Waals surface area contributed by atoms with Crippen LogP contribution in [0.5, 0.6) is 5.75 Å². The van der Waals surface area contributed by atoms with Crippen LogP contribution < -0.4 is 10.1 Å². The van der Waals surface area contributed by atoms with Crippen LogP contribution in [0.15, 0.2) is 18.2 Å². The first-order chi connectivity index (χ1) is 7.15. The van der Waals surface area contributed by atoms with E-state index >= 15 is 0 Å². The molecule has 2 N–H and O–H groups in total. The van der Waals surface area contributed by atoms with Gasteiger partial charge in [-0.05, 0) is 38.1 Å². The van der Waals surface area contributed by atoms with Crippen LogP contribution in [0.2, 0.25) is 0 Å². The molecule has 1 aromatic carbocycles. The Morgan fingerprint density at radius 2 is 2.13 bits per heavy atom. The lowest BCUT2D eigenvalue weighted by Crippen LogP contribution is -2.29. The van der Waals surface area contributed by atoms with E-state index in [0.29, 0.717) is 13.2 Å². The van der Waals surface area contributed by atoms with Gasteiger partial charge in [-0.2, -0.15) is 0 Å². The highest BCUT2D eigenvalue weighted by atomic mass is 16.5. The first kappa shape index (κ1) is 12.0. The number of aliphatic hydroxyl groups is 1. The van der Waals surface area contributed by atoms with Crippen molar-refractivity contribution in [3.8, 4) is 5.75 Å². The van der Waals surface area contributed by atoms with Gasteiger partial charge in [0, 0.05) is 6.54 Å². The SMILES string of the molecule is CNCC(O)COc1cccc(C)c1C. The van der Waals surface area contributed by atoms with Crippen LogP contribution in [0.3, 0.4) is 0 Å². The zero-order valence-corrected chi connectivity index (χ0v) is 9.58. The third-order valence-corrected chi connectivity index (χ3v) is 2.43. The second-order valence-corrected chi connectivity index (χ2v) is 3.72. The molecule has 1 aromatic rings. The fourth-order valence-electron chi connectivity index (χ4n) is 1.36. The largest absolute Gasteiger partial charge is 0.491 e. The van der Waals surface area contributed by atoms with Gasteiger partial charge in [0.25, 0.3) is 0 Å². The maximum atomic E-state index is 9.48. The summed E-state index contributed by atoms with van der Waals surface area (Å²) < 4.78 is 5.54. The molecule has 3 heteroatoms. The number of likely N-dealkylation sites (N-methyl/N-ethyl adjacent to an activating group) is 1. The minimum absolute atomic E-state index is 0.325. The Morgan fingerprint density at radius 1 is 1.40 bits per heavy atom. The third kappa shape index (κ3) is 3.53. The van der Waals surface area contributed by atoms with Crippen molar-refractivity contribution < 1.29 is 9.84 Å². The van der Waals surface area contributed by atoms with E-state index in [1.807, 2.05) is 32.0 Å². The fourth-order valence-corrected chi connectivity index (χ4v) is 1.36. The Hall–Kier alpha value is -1.06. The van der Waals surface area contributed by atoms with Gasteiger partial charge in [0.15, 0.2) is 0 Å². The maximum absolute atomic E-state index is 9.48. The monoisotopic (exact) mass is 209 g/mol. The molecule has 1 rings (SSSR count). The molecule has 0 fully saturated rings. The van der Waals surface area contributed by atoms with E-state index in [9.17, 15) is 5.11 Å². The van der Waals surface area contributed by atoms with Crippen LogP contribution in [0.4, 0.5) is 0 Å². The molecule has 0 aliphatic carbocycles. The summed E-state index contributed by atoms with van der Waals surface area (Å²) in [6.07, 6.45) is -0.463. The van der Waals surface area contributed by atoms with E-state index in [1.165, 1.54) is 5.56 Å². The molecule has 0 aliphatic heterocycles. The molecule has 0 aromatic heterocycles. The summed E-state index contributed by atoms with van der Waals surface area (Å²) >= 11 is 0. The first-order valence-corrected chi connectivity index (χ1v) is 5.17. The van der Waals surface area contributed by atoms with Crippen LogP contribution in [0.1, 0.15) is 11.1 Å². The number of hydrogen-bond acceptors (Lipinski definition) is 3. The average Bonchev–Trinajstić information content (AvgIpc) is 2.21. The van der Waals surface area contributed by atoms with Gasteiger partial charge < -0.3 is 15.2 Å². The van der Waals surface area contributed by atoms with E-state index < -0.39 is 6.10 Å². The van der Waals surface area contributed by atoms with Gasteiger partial charge in [-0.15, -0.1) is 0 Å². The van der Waals surface area contributed by atoms with Crippen molar-refractivity contribution in [2.75, 3.05) is 20.2 Å². The molecule has 0 amide bonds. The molecule has 15 heavy (non-hydrogen) atoms. The molecule has 3 nitrogen and oxygen atoms in total. The molecular formula is C12H19NO2. The highest BCUT2D eigenvalue weighted by Crippen LogP contribution is 2.20. The van der Waals surface area contributed by atoms with Crippen LogP contribution in [-0.4, -0.2) is 31.4 Å². The second-order valence-electron chi connectivity index (χ2n) is 3.72. The summed E-state index contributed by atoms with van der Waals surface area (Å²) in [4.78, 5) is 0. The second kappa shape index (κ2) is 5.73. The molecule has 1 atom stereocenters. The van der Waals surface area contributed by atoms with Gasteiger partial charge in [0.1, 0.15) is 18.5 Å². The number of nitrogens with one attached hydrogen (secondary N) is 1. The van der Waals surface area contributed by atoms with Gasteiger partial charge in [-0.3, -0.25) is 0 Å². The normalized spacial score (nSPS) is 12.5. The Kier molecular flexibility index (Phi) is 4.59. The van der Waals surface area contributed by atoms with Crippen molar-refractivity contribution in [3.05, 3.63) is 29.3 Å². The predicted molar refractivity (Wildman–Crippen MR) is 61.3 cm³/mol. The zero-order chi connectivity index (χ0) is 11.3. The lowest BCUT2D eigenvalue weighted by molar-refractivity contribution is 0.108. The topological polar surface area (TPSA) is 41.5 Å². The van der Waals surface area contributed by atoms with E-state index in [-0.39, 0.29) is 0 Å². The smallest absolute Gasteiger partial charge is 0.122 e. The van der Waals surface area contributed by atoms with Crippen LogP contribution in [-0.2, 0) is 0 Å². The summed E-state index contributed by atoms with van der Waals surface area (Å²) in [6, 6.07) is 5.93. The Morgan fingerprint density at radius 3 is 2.80 bits per heavy atom. The third-order valence-electron chi connectivity index (χ3n) is 2.43. The molecule has 0 bridgehead atoms. The Balaban J connectivity index is 2.54. The minimum atomic E-state index is -0.463. The predicted octanol–water partition coefficient (Wildman–Crippen LogP) is 1.26. The number of aryl methyl sites for hydroxylation is 1. The zero-order valence-electron chi connectivity index (χ0n) is 9.58. The standard InChI is InChI=1S/C12H19NO2/c1-9-5-4-6-12(10(9)2)15-8-11(14)7-13-3/h4-6,11,13-14H,7-8H2,1-3H3. The van der Waals surface area contributed by atoms with Gasteiger partial charge in [0.2, 0.25) is 0 Å². The summed E-state index contributed by atoms with van der Waals surface area (Å²) in [6.45, 7) is 4.94. The average molecular weight is 209 g/mol. The molecule has 0 heterocycles. The maximum Gasteiger partial charge on any atom is 0.122 e. The molecule has 0 saturated carbocycles.